The molecule has 176 valence electrons. The van der Waals surface area contributed by atoms with Crippen LogP contribution in [0.5, 0.6) is 0 Å². The maximum Gasteiger partial charge on any atom is 0.408 e. The summed E-state index contributed by atoms with van der Waals surface area (Å²) < 4.78 is 10.5. The Balaban J connectivity index is 2.20. The van der Waals surface area contributed by atoms with E-state index in [9.17, 15) is 14.4 Å². The molecular formula is C26H32N2O5. The first kappa shape index (κ1) is 25.6. The third kappa shape index (κ3) is 9.60. The lowest BCUT2D eigenvalue weighted by Gasteiger charge is -2.25. The Bertz CT molecular complexity index is 923. The van der Waals surface area contributed by atoms with E-state index >= 15 is 0 Å². The summed E-state index contributed by atoms with van der Waals surface area (Å²) in [5.74, 6) is -1.09. The Morgan fingerprint density at radius 2 is 1.39 bits per heavy atom. The van der Waals surface area contributed by atoms with Gasteiger partial charge in [0.2, 0.25) is 5.91 Å². The lowest BCUT2D eigenvalue weighted by Crippen LogP contribution is -2.54. The number of hydrogen-bond acceptors (Lipinski definition) is 5. The highest BCUT2D eigenvalue weighted by atomic mass is 16.6. The first-order valence-electron chi connectivity index (χ1n) is 10.8. The molecule has 0 unspecified atom stereocenters. The summed E-state index contributed by atoms with van der Waals surface area (Å²) in [6, 6.07) is 16.7. The Hall–Kier alpha value is -3.61. The Morgan fingerprint density at radius 3 is 1.88 bits per heavy atom. The van der Waals surface area contributed by atoms with Crippen LogP contribution >= 0.6 is 0 Å². The van der Waals surface area contributed by atoms with E-state index in [1.807, 2.05) is 60.7 Å². The Morgan fingerprint density at radius 1 is 0.879 bits per heavy atom. The fourth-order valence-electron chi connectivity index (χ4n) is 3.07. The van der Waals surface area contributed by atoms with Crippen molar-refractivity contribution < 1.29 is 23.9 Å². The van der Waals surface area contributed by atoms with Crippen LogP contribution in [0.4, 0.5) is 4.79 Å². The van der Waals surface area contributed by atoms with Gasteiger partial charge in [-0.2, -0.15) is 0 Å². The molecule has 0 spiro atoms. The molecule has 0 fully saturated rings. The van der Waals surface area contributed by atoms with E-state index in [0.29, 0.717) is 0 Å². The smallest absolute Gasteiger partial charge is 0.408 e. The lowest BCUT2D eigenvalue weighted by atomic mass is 10.0. The molecule has 33 heavy (non-hydrogen) atoms. The number of nitrogens with one attached hydrogen (secondary N) is 2. The van der Waals surface area contributed by atoms with Crippen molar-refractivity contribution in [1.29, 1.82) is 0 Å². The summed E-state index contributed by atoms with van der Waals surface area (Å²) in [5, 5.41) is 5.38. The molecule has 0 heterocycles. The molecule has 2 atom stereocenters. The fourth-order valence-corrected chi connectivity index (χ4v) is 3.07. The minimum atomic E-state index is -0.951. The minimum absolute atomic E-state index is 0.0313. The van der Waals surface area contributed by atoms with E-state index in [1.54, 1.807) is 20.8 Å². The molecule has 0 aromatic heterocycles. The predicted octanol–water partition coefficient (Wildman–Crippen LogP) is 3.58. The SMILES string of the molecule is C=CCOC(=O)[C@H](Cc1ccccc1)NC(=O)[C@H](Cc1ccccc1)NC(=O)OC(C)(C)C. The van der Waals surface area contributed by atoms with Gasteiger partial charge in [0.15, 0.2) is 0 Å². The van der Waals surface area contributed by atoms with Crippen LogP contribution in [0.15, 0.2) is 73.3 Å². The Kier molecular flexibility index (Phi) is 9.66. The van der Waals surface area contributed by atoms with Gasteiger partial charge >= 0.3 is 12.1 Å². The van der Waals surface area contributed by atoms with Gasteiger partial charge in [0.05, 0.1) is 0 Å². The summed E-state index contributed by atoms with van der Waals surface area (Å²) in [6.07, 6.45) is 1.22. The quantitative estimate of drug-likeness (QED) is 0.425. The van der Waals surface area contributed by atoms with E-state index in [0.717, 1.165) is 11.1 Å². The molecule has 7 heteroatoms. The molecule has 0 saturated heterocycles. The number of carbonyl (C=O) groups is 3. The summed E-state index contributed by atoms with van der Waals surface area (Å²) in [4.78, 5) is 38.3. The zero-order valence-corrected chi connectivity index (χ0v) is 19.4. The average Bonchev–Trinajstić information content (AvgIpc) is 2.76. The second-order valence-corrected chi connectivity index (χ2v) is 8.56. The van der Waals surface area contributed by atoms with Crippen molar-refractivity contribution in [2.24, 2.45) is 0 Å². The van der Waals surface area contributed by atoms with Crippen molar-refractivity contribution in [3.63, 3.8) is 0 Å². The van der Waals surface area contributed by atoms with E-state index in [2.05, 4.69) is 17.2 Å². The molecule has 7 nitrogen and oxygen atoms in total. The molecule has 2 rings (SSSR count). The van der Waals surface area contributed by atoms with Gasteiger partial charge in [-0.05, 0) is 31.9 Å². The van der Waals surface area contributed by atoms with Crippen molar-refractivity contribution in [3.8, 4) is 0 Å². The van der Waals surface area contributed by atoms with Gasteiger partial charge in [0.1, 0.15) is 24.3 Å². The van der Waals surface area contributed by atoms with Crippen LogP contribution in [-0.2, 0) is 31.9 Å². The van der Waals surface area contributed by atoms with Crippen LogP contribution in [-0.4, -0.2) is 42.3 Å². The normalized spacial score (nSPS) is 12.7. The zero-order chi connectivity index (χ0) is 24.3. The number of alkyl carbamates (subject to hydrolysis) is 1. The standard InChI is InChI=1S/C26H32N2O5/c1-5-16-32-24(30)22(18-20-14-10-7-11-15-20)27-23(29)21(17-19-12-8-6-9-13-19)28-25(31)33-26(2,3)4/h5-15,21-22H,1,16-18H2,2-4H3,(H,27,29)(H,28,31)/t21-,22-/m0/s1. The monoisotopic (exact) mass is 452 g/mol. The minimum Gasteiger partial charge on any atom is -0.460 e. The van der Waals surface area contributed by atoms with Crippen LogP contribution < -0.4 is 10.6 Å². The topological polar surface area (TPSA) is 93.7 Å². The maximum absolute atomic E-state index is 13.2. The van der Waals surface area contributed by atoms with Crippen molar-refractivity contribution in [2.75, 3.05) is 6.61 Å². The molecule has 0 radical (unpaired) electrons. The first-order chi connectivity index (χ1) is 15.7. The van der Waals surface area contributed by atoms with Crippen LogP contribution in [0.1, 0.15) is 31.9 Å². The predicted molar refractivity (Wildman–Crippen MR) is 127 cm³/mol. The maximum atomic E-state index is 13.2. The number of ether oxygens (including phenoxy) is 2. The number of hydrogen-bond donors (Lipinski definition) is 2. The highest BCUT2D eigenvalue weighted by Gasteiger charge is 2.29. The van der Waals surface area contributed by atoms with Gasteiger partial charge in [-0.15, -0.1) is 0 Å². The third-order valence-electron chi connectivity index (χ3n) is 4.52. The molecule has 0 bridgehead atoms. The average molecular weight is 453 g/mol. The highest BCUT2D eigenvalue weighted by molar-refractivity contribution is 5.90. The highest BCUT2D eigenvalue weighted by Crippen LogP contribution is 2.10. The van der Waals surface area contributed by atoms with Crippen molar-refractivity contribution >= 4 is 18.0 Å². The van der Waals surface area contributed by atoms with Gasteiger partial charge in [-0.25, -0.2) is 9.59 Å². The largest absolute Gasteiger partial charge is 0.460 e. The van der Waals surface area contributed by atoms with Crippen molar-refractivity contribution in [1.82, 2.24) is 10.6 Å². The molecule has 2 amide bonds. The van der Waals surface area contributed by atoms with E-state index in [4.69, 9.17) is 9.47 Å². The number of esters is 1. The van der Waals surface area contributed by atoms with Gasteiger partial charge < -0.3 is 20.1 Å². The third-order valence-corrected chi connectivity index (χ3v) is 4.52. The number of benzene rings is 2. The second-order valence-electron chi connectivity index (χ2n) is 8.56. The Labute approximate surface area is 195 Å². The van der Waals surface area contributed by atoms with Gasteiger partial charge in [-0.3, -0.25) is 4.79 Å². The molecule has 2 N–H and O–H groups in total. The summed E-state index contributed by atoms with van der Waals surface area (Å²) >= 11 is 0. The van der Waals surface area contributed by atoms with E-state index in [-0.39, 0.29) is 19.4 Å². The molecule has 2 aromatic carbocycles. The van der Waals surface area contributed by atoms with Crippen LogP contribution in [0.2, 0.25) is 0 Å². The second kappa shape index (κ2) is 12.4. The lowest BCUT2D eigenvalue weighted by molar-refractivity contribution is -0.146. The van der Waals surface area contributed by atoms with Gasteiger partial charge in [0, 0.05) is 12.8 Å². The molecule has 0 aliphatic heterocycles. The fraction of sp³-hybridized carbons (Fsp3) is 0.346. The zero-order valence-electron chi connectivity index (χ0n) is 19.4. The summed E-state index contributed by atoms with van der Waals surface area (Å²) in [6.45, 7) is 8.80. The number of carbonyl (C=O) groups excluding carboxylic acids is 3. The number of amides is 2. The molecule has 2 aromatic rings. The van der Waals surface area contributed by atoms with Crippen molar-refractivity contribution in [3.05, 3.63) is 84.4 Å². The van der Waals surface area contributed by atoms with E-state index in [1.165, 1.54) is 6.08 Å². The summed E-state index contributed by atoms with van der Waals surface area (Å²) in [5.41, 5.74) is 0.989. The molecule has 0 aliphatic rings. The van der Waals surface area contributed by atoms with Crippen LogP contribution in [0.3, 0.4) is 0 Å². The molecule has 0 saturated carbocycles. The van der Waals surface area contributed by atoms with E-state index < -0.39 is 35.7 Å². The molecular weight excluding hydrogens is 420 g/mol. The molecule has 0 aliphatic carbocycles. The van der Waals surface area contributed by atoms with Crippen LogP contribution in [0.25, 0.3) is 0 Å². The number of rotatable bonds is 10. The van der Waals surface area contributed by atoms with Crippen LogP contribution in [0, 0.1) is 0 Å². The first-order valence-corrected chi connectivity index (χ1v) is 10.8. The van der Waals surface area contributed by atoms with Gasteiger partial charge in [-0.1, -0.05) is 73.3 Å². The van der Waals surface area contributed by atoms with Crippen molar-refractivity contribution in [2.45, 2.75) is 51.3 Å². The van der Waals surface area contributed by atoms with Gasteiger partial charge in [0.25, 0.3) is 0 Å². The summed E-state index contributed by atoms with van der Waals surface area (Å²) in [7, 11) is 0.